The van der Waals surface area contributed by atoms with Gasteiger partial charge in [-0.15, -0.1) is 0 Å². The first kappa shape index (κ1) is 13.8. The number of hydrogen-bond acceptors (Lipinski definition) is 1. The molecule has 1 atom stereocenters. The molecule has 18 heavy (non-hydrogen) atoms. The molecular formula is C14H12ClFIN. The maximum absolute atomic E-state index is 13.0. The van der Waals surface area contributed by atoms with E-state index >= 15 is 0 Å². The molecule has 2 rings (SSSR count). The van der Waals surface area contributed by atoms with Crippen molar-refractivity contribution in [1.82, 2.24) is 0 Å². The molecule has 2 aromatic rings. The first-order chi connectivity index (χ1) is 8.56. The molecule has 1 nitrogen and oxygen atoms in total. The Kier molecular flexibility index (Phi) is 4.59. The molecule has 0 bridgehead atoms. The van der Waals surface area contributed by atoms with E-state index < -0.39 is 0 Å². The first-order valence-corrected chi connectivity index (χ1v) is 6.97. The van der Waals surface area contributed by atoms with Crippen LogP contribution in [-0.4, -0.2) is 0 Å². The van der Waals surface area contributed by atoms with Gasteiger partial charge in [-0.1, -0.05) is 29.8 Å². The van der Waals surface area contributed by atoms with Crippen LogP contribution in [0.4, 0.5) is 4.39 Å². The molecule has 1 unspecified atom stereocenters. The maximum Gasteiger partial charge on any atom is 0.124 e. The lowest BCUT2D eigenvalue weighted by molar-refractivity contribution is 0.622. The first-order valence-electron chi connectivity index (χ1n) is 5.51. The van der Waals surface area contributed by atoms with Gasteiger partial charge in [0, 0.05) is 14.6 Å². The Labute approximate surface area is 124 Å². The van der Waals surface area contributed by atoms with Crippen molar-refractivity contribution in [3.05, 3.63) is 68.0 Å². The number of nitrogens with two attached hydrogens (primary N) is 1. The molecule has 2 N–H and O–H groups in total. The van der Waals surface area contributed by atoms with Crippen LogP contribution in [0.25, 0.3) is 0 Å². The Morgan fingerprint density at radius 3 is 2.44 bits per heavy atom. The summed E-state index contributed by atoms with van der Waals surface area (Å²) < 4.78 is 13.9. The third kappa shape index (κ3) is 3.43. The Morgan fingerprint density at radius 2 is 1.83 bits per heavy atom. The second-order valence-electron chi connectivity index (χ2n) is 4.10. The fourth-order valence-electron chi connectivity index (χ4n) is 1.79. The molecule has 0 aliphatic carbocycles. The summed E-state index contributed by atoms with van der Waals surface area (Å²) in [5, 5.41) is 0.712. The van der Waals surface area contributed by atoms with Gasteiger partial charge in [0.25, 0.3) is 0 Å². The zero-order valence-corrected chi connectivity index (χ0v) is 12.5. The monoisotopic (exact) mass is 375 g/mol. The molecule has 0 saturated carbocycles. The summed E-state index contributed by atoms with van der Waals surface area (Å²) >= 11 is 7.94. The number of rotatable bonds is 3. The van der Waals surface area contributed by atoms with Gasteiger partial charge >= 0.3 is 0 Å². The van der Waals surface area contributed by atoms with Gasteiger partial charge < -0.3 is 5.73 Å². The van der Waals surface area contributed by atoms with Crippen molar-refractivity contribution in [3.63, 3.8) is 0 Å². The second-order valence-corrected chi connectivity index (χ2v) is 5.70. The van der Waals surface area contributed by atoms with E-state index in [1.165, 1.54) is 12.1 Å². The molecule has 0 radical (unpaired) electrons. The van der Waals surface area contributed by atoms with Crippen molar-refractivity contribution in [2.24, 2.45) is 5.73 Å². The van der Waals surface area contributed by atoms with Gasteiger partial charge in [-0.2, -0.15) is 0 Å². The van der Waals surface area contributed by atoms with E-state index in [0.29, 0.717) is 11.4 Å². The Hall–Kier alpha value is -0.650. The zero-order chi connectivity index (χ0) is 13.1. The predicted octanol–water partition coefficient (Wildman–Crippen LogP) is 4.33. The highest BCUT2D eigenvalue weighted by Gasteiger charge is 2.11. The zero-order valence-electron chi connectivity index (χ0n) is 9.54. The van der Waals surface area contributed by atoms with Crippen molar-refractivity contribution in [1.29, 1.82) is 0 Å². The van der Waals surface area contributed by atoms with Crippen molar-refractivity contribution in [3.8, 4) is 0 Å². The van der Waals surface area contributed by atoms with Crippen LogP contribution in [0.3, 0.4) is 0 Å². The highest BCUT2D eigenvalue weighted by Crippen LogP contribution is 2.23. The molecule has 0 fully saturated rings. The highest BCUT2D eigenvalue weighted by molar-refractivity contribution is 14.1. The van der Waals surface area contributed by atoms with Gasteiger partial charge in [-0.3, -0.25) is 0 Å². The van der Waals surface area contributed by atoms with Gasteiger partial charge in [-0.05, 0) is 64.4 Å². The second kappa shape index (κ2) is 5.99. The van der Waals surface area contributed by atoms with E-state index in [4.69, 9.17) is 17.3 Å². The molecule has 0 aromatic heterocycles. The maximum atomic E-state index is 13.0. The van der Waals surface area contributed by atoms with Crippen LogP contribution in [0, 0.1) is 9.39 Å². The number of benzene rings is 2. The Balaban J connectivity index is 2.16. The molecule has 0 amide bonds. The van der Waals surface area contributed by atoms with Gasteiger partial charge in [0.05, 0.1) is 0 Å². The number of halogens is 3. The van der Waals surface area contributed by atoms with E-state index in [2.05, 4.69) is 22.6 Å². The van der Waals surface area contributed by atoms with E-state index in [1.54, 1.807) is 6.07 Å². The standard InChI is InChI=1S/C14H12ClFIN/c15-10-3-1-9(2-4-10)7-14(18)12-6-5-11(16)8-13(12)17/h1-6,8,14H,7,18H2. The van der Waals surface area contributed by atoms with Crippen LogP contribution < -0.4 is 5.73 Å². The van der Waals surface area contributed by atoms with Crippen molar-refractivity contribution in [2.45, 2.75) is 12.5 Å². The fraction of sp³-hybridized carbons (Fsp3) is 0.143. The summed E-state index contributed by atoms with van der Waals surface area (Å²) in [4.78, 5) is 0. The predicted molar refractivity (Wildman–Crippen MR) is 81.2 cm³/mol. The summed E-state index contributed by atoms with van der Waals surface area (Å²) in [5.41, 5.74) is 8.24. The third-order valence-electron chi connectivity index (χ3n) is 2.73. The summed E-state index contributed by atoms with van der Waals surface area (Å²) in [7, 11) is 0. The van der Waals surface area contributed by atoms with Crippen LogP contribution in [0.5, 0.6) is 0 Å². The molecule has 0 saturated heterocycles. The molecule has 0 heterocycles. The molecular weight excluding hydrogens is 364 g/mol. The summed E-state index contributed by atoms with van der Waals surface area (Å²) in [6, 6.07) is 12.2. The Bertz CT molecular complexity index is 542. The normalized spacial score (nSPS) is 12.4. The minimum absolute atomic E-state index is 0.140. The van der Waals surface area contributed by atoms with Crippen molar-refractivity contribution in [2.75, 3.05) is 0 Å². The highest BCUT2D eigenvalue weighted by atomic mass is 127. The summed E-state index contributed by atoms with van der Waals surface area (Å²) in [6.45, 7) is 0. The molecule has 4 heteroatoms. The lowest BCUT2D eigenvalue weighted by atomic mass is 10.00. The quantitative estimate of drug-likeness (QED) is 0.794. The lowest BCUT2D eigenvalue weighted by Gasteiger charge is -2.14. The summed E-state index contributed by atoms with van der Waals surface area (Å²) in [6.07, 6.45) is 0.707. The molecule has 94 valence electrons. The Morgan fingerprint density at radius 1 is 1.17 bits per heavy atom. The van der Waals surface area contributed by atoms with E-state index in [9.17, 15) is 4.39 Å². The third-order valence-corrected chi connectivity index (χ3v) is 3.92. The van der Waals surface area contributed by atoms with Crippen LogP contribution in [0.1, 0.15) is 17.2 Å². The van der Waals surface area contributed by atoms with Gasteiger partial charge in [-0.25, -0.2) is 4.39 Å². The van der Waals surface area contributed by atoms with E-state index in [-0.39, 0.29) is 11.9 Å². The van der Waals surface area contributed by atoms with E-state index in [1.807, 2.05) is 24.3 Å². The van der Waals surface area contributed by atoms with Crippen molar-refractivity contribution < 1.29 is 4.39 Å². The minimum atomic E-state index is -0.234. The SMILES string of the molecule is NC(Cc1ccc(Cl)cc1)c1ccc(F)cc1I. The van der Waals surface area contributed by atoms with Crippen LogP contribution in [0.2, 0.25) is 5.02 Å². The smallest absolute Gasteiger partial charge is 0.124 e. The van der Waals surface area contributed by atoms with Crippen molar-refractivity contribution >= 4 is 34.2 Å². The van der Waals surface area contributed by atoms with E-state index in [0.717, 1.165) is 14.7 Å². The molecule has 0 aliphatic rings. The number of hydrogen-bond donors (Lipinski definition) is 1. The topological polar surface area (TPSA) is 26.0 Å². The molecule has 0 spiro atoms. The lowest BCUT2D eigenvalue weighted by Crippen LogP contribution is -2.14. The van der Waals surface area contributed by atoms with Gasteiger partial charge in [0.15, 0.2) is 0 Å². The van der Waals surface area contributed by atoms with Crippen LogP contribution >= 0.6 is 34.2 Å². The largest absolute Gasteiger partial charge is 0.324 e. The van der Waals surface area contributed by atoms with Gasteiger partial charge in [0.1, 0.15) is 5.82 Å². The average molecular weight is 376 g/mol. The molecule has 0 aliphatic heterocycles. The average Bonchev–Trinajstić information content (AvgIpc) is 2.32. The fourth-order valence-corrected chi connectivity index (χ4v) is 2.79. The summed E-state index contributed by atoms with van der Waals surface area (Å²) in [5.74, 6) is -0.234. The van der Waals surface area contributed by atoms with Gasteiger partial charge in [0.2, 0.25) is 0 Å². The van der Waals surface area contributed by atoms with Crippen LogP contribution in [0.15, 0.2) is 42.5 Å². The van der Waals surface area contributed by atoms with Crippen LogP contribution in [-0.2, 0) is 6.42 Å². The minimum Gasteiger partial charge on any atom is -0.324 e. The molecule has 2 aromatic carbocycles.